The number of aliphatic hydroxyl groups is 1. The normalized spacial score (nSPS) is 18.9. The fraction of sp³-hybridized carbons (Fsp3) is 0.423. The largest absolute Gasteiger partial charge is 0.457 e. The van der Waals surface area contributed by atoms with Crippen LogP contribution in [-0.4, -0.2) is 71.9 Å². The van der Waals surface area contributed by atoms with Crippen molar-refractivity contribution in [3.63, 3.8) is 0 Å². The number of rotatable bonds is 6. The Kier molecular flexibility index (Phi) is 5.97. The molecule has 1 fully saturated rings. The Morgan fingerprint density at radius 3 is 2.09 bits per heavy atom. The predicted molar refractivity (Wildman–Crippen MR) is 123 cm³/mol. The second kappa shape index (κ2) is 8.94. The SMILES string of the molecule is Cc1c(C(=O)CN2CCN(C[C@H](O)c3ccc4c(c3C)COC4=O)CC2)ccc2c1COC2=O. The van der Waals surface area contributed by atoms with Gasteiger partial charge in [-0.1, -0.05) is 12.1 Å². The molecule has 0 amide bonds. The van der Waals surface area contributed by atoms with Gasteiger partial charge >= 0.3 is 11.9 Å². The Morgan fingerprint density at radius 1 is 0.882 bits per heavy atom. The highest BCUT2D eigenvalue weighted by atomic mass is 16.5. The third-order valence-electron chi connectivity index (χ3n) is 7.30. The highest BCUT2D eigenvalue weighted by molar-refractivity contribution is 6.02. The van der Waals surface area contributed by atoms with Crippen molar-refractivity contribution >= 4 is 17.7 Å². The van der Waals surface area contributed by atoms with Crippen molar-refractivity contribution in [2.75, 3.05) is 39.3 Å². The van der Waals surface area contributed by atoms with Crippen molar-refractivity contribution in [3.05, 3.63) is 68.8 Å². The summed E-state index contributed by atoms with van der Waals surface area (Å²) in [5.41, 5.74) is 6.02. The number of piperazine rings is 1. The molecule has 0 aromatic heterocycles. The zero-order valence-electron chi connectivity index (χ0n) is 19.4. The molecule has 0 saturated carbocycles. The van der Waals surface area contributed by atoms with E-state index in [9.17, 15) is 19.5 Å². The van der Waals surface area contributed by atoms with Crippen LogP contribution < -0.4 is 0 Å². The van der Waals surface area contributed by atoms with Gasteiger partial charge < -0.3 is 14.6 Å². The lowest BCUT2D eigenvalue weighted by Crippen LogP contribution is -2.48. The van der Waals surface area contributed by atoms with Gasteiger partial charge in [-0.2, -0.15) is 0 Å². The number of β-amino-alcohol motifs (C(OH)–C–C–N with tert-alkyl or cyclic N) is 1. The van der Waals surface area contributed by atoms with Crippen LogP contribution in [0.4, 0.5) is 0 Å². The molecule has 178 valence electrons. The topological polar surface area (TPSA) is 96.4 Å². The van der Waals surface area contributed by atoms with Crippen LogP contribution in [0.25, 0.3) is 0 Å². The van der Waals surface area contributed by atoms with E-state index >= 15 is 0 Å². The Morgan fingerprint density at radius 2 is 1.44 bits per heavy atom. The molecule has 1 atom stereocenters. The quantitative estimate of drug-likeness (QED) is 0.513. The summed E-state index contributed by atoms with van der Waals surface area (Å²) in [5, 5.41) is 10.9. The van der Waals surface area contributed by atoms with E-state index in [1.807, 2.05) is 19.9 Å². The van der Waals surface area contributed by atoms with E-state index in [0.29, 0.717) is 29.8 Å². The van der Waals surface area contributed by atoms with Crippen molar-refractivity contribution in [2.45, 2.75) is 33.2 Å². The third-order valence-corrected chi connectivity index (χ3v) is 7.30. The standard InChI is InChI=1S/C26H28N2O6/c1-15-17(3-5-19-21(15)13-33-25(19)31)23(29)11-27-7-9-28(10-8-27)12-24(30)18-4-6-20-22(16(18)2)14-34-26(20)32/h3-6,23,29H,7-14H2,1-2H3/t23-/m0/s1. The first-order chi connectivity index (χ1) is 16.3. The average molecular weight is 465 g/mol. The molecule has 34 heavy (non-hydrogen) atoms. The van der Waals surface area contributed by atoms with Crippen molar-refractivity contribution in [1.82, 2.24) is 9.80 Å². The van der Waals surface area contributed by atoms with Gasteiger partial charge in [0, 0.05) is 49.4 Å². The van der Waals surface area contributed by atoms with E-state index in [1.54, 1.807) is 18.2 Å². The average Bonchev–Trinajstić information content (AvgIpc) is 3.39. The predicted octanol–water partition coefficient (Wildman–Crippen LogP) is 2.18. The third kappa shape index (κ3) is 4.02. The van der Waals surface area contributed by atoms with Crippen LogP contribution in [0.5, 0.6) is 0 Å². The summed E-state index contributed by atoms with van der Waals surface area (Å²) >= 11 is 0. The van der Waals surface area contributed by atoms with Gasteiger partial charge in [0.05, 0.1) is 23.8 Å². The summed E-state index contributed by atoms with van der Waals surface area (Å²) in [6.07, 6.45) is -0.659. The second-order valence-corrected chi connectivity index (χ2v) is 9.24. The number of hydrogen-bond acceptors (Lipinski definition) is 8. The van der Waals surface area contributed by atoms with Gasteiger partial charge in [0.2, 0.25) is 0 Å². The van der Waals surface area contributed by atoms with E-state index in [2.05, 4.69) is 9.80 Å². The second-order valence-electron chi connectivity index (χ2n) is 9.24. The van der Waals surface area contributed by atoms with Gasteiger partial charge in [0.25, 0.3) is 0 Å². The molecule has 0 aliphatic carbocycles. The number of ether oxygens (including phenoxy) is 2. The van der Waals surface area contributed by atoms with Gasteiger partial charge in [-0.05, 0) is 42.7 Å². The highest BCUT2D eigenvalue weighted by Gasteiger charge is 2.29. The Labute approximate surface area is 198 Å². The summed E-state index contributed by atoms with van der Waals surface area (Å²) in [7, 11) is 0. The maximum absolute atomic E-state index is 13.0. The summed E-state index contributed by atoms with van der Waals surface area (Å²) in [4.78, 5) is 40.8. The summed E-state index contributed by atoms with van der Waals surface area (Å²) in [6, 6.07) is 6.97. The Balaban J connectivity index is 1.16. The van der Waals surface area contributed by atoms with Crippen LogP contribution in [0, 0.1) is 13.8 Å². The first-order valence-corrected chi connectivity index (χ1v) is 11.6. The Bertz CT molecular complexity index is 1180. The number of ketones is 1. The molecular formula is C26H28N2O6. The first kappa shape index (κ1) is 22.7. The molecule has 3 aliphatic heterocycles. The van der Waals surface area contributed by atoms with Crippen LogP contribution in [0.2, 0.25) is 0 Å². The molecule has 5 rings (SSSR count). The molecular weight excluding hydrogens is 436 g/mol. The van der Waals surface area contributed by atoms with Crippen LogP contribution >= 0.6 is 0 Å². The van der Waals surface area contributed by atoms with Crippen LogP contribution in [0.1, 0.15) is 65.0 Å². The molecule has 3 aliphatic rings. The van der Waals surface area contributed by atoms with Crippen LogP contribution in [-0.2, 0) is 22.7 Å². The molecule has 2 aromatic rings. The van der Waals surface area contributed by atoms with Crippen LogP contribution in [0.15, 0.2) is 24.3 Å². The van der Waals surface area contributed by atoms with E-state index in [1.165, 1.54) is 0 Å². The smallest absolute Gasteiger partial charge is 0.338 e. The van der Waals surface area contributed by atoms with E-state index < -0.39 is 6.10 Å². The molecule has 8 heteroatoms. The number of esters is 2. The number of aliphatic hydroxyl groups excluding tert-OH is 1. The van der Waals surface area contributed by atoms with Gasteiger partial charge in [-0.15, -0.1) is 0 Å². The minimum Gasteiger partial charge on any atom is -0.457 e. The Hall–Kier alpha value is -3.07. The van der Waals surface area contributed by atoms with Gasteiger partial charge in [0.1, 0.15) is 13.2 Å². The molecule has 0 spiro atoms. The lowest BCUT2D eigenvalue weighted by molar-refractivity contribution is 0.0525. The first-order valence-electron chi connectivity index (χ1n) is 11.6. The van der Waals surface area contributed by atoms with Crippen molar-refractivity contribution in [2.24, 2.45) is 0 Å². The minimum atomic E-state index is -0.659. The number of benzene rings is 2. The zero-order valence-corrected chi connectivity index (χ0v) is 19.4. The molecule has 2 aromatic carbocycles. The van der Waals surface area contributed by atoms with Crippen LogP contribution in [0.3, 0.4) is 0 Å². The van der Waals surface area contributed by atoms with E-state index in [4.69, 9.17) is 9.47 Å². The lowest BCUT2D eigenvalue weighted by Gasteiger charge is -2.35. The number of carbonyl (C=O) groups is 3. The molecule has 1 saturated heterocycles. The van der Waals surface area contributed by atoms with Gasteiger partial charge in [0.15, 0.2) is 5.78 Å². The maximum Gasteiger partial charge on any atom is 0.338 e. The minimum absolute atomic E-state index is 0.0404. The zero-order chi connectivity index (χ0) is 24.0. The fourth-order valence-electron chi connectivity index (χ4n) is 5.14. The maximum atomic E-state index is 13.0. The summed E-state index contributed by atoms with van der Waals surface area (Å²) < 4.78 is 10.2. The summed E-state index contributed by atoms with van der Waals surface area (Å²) in [6.45, 7) is 8.07. The number of fused-ring (bicyclic) bond motifs is 2. The number of carbonyl (C=O) groups excluding carboxylic acids is 3. The number of nitrogens with zero attached hydrogens (tertiary/aromatic N) is 2. The van der Waals surface area contributed by atoms with Gasteiger partial charge in [-0.25, -0.2) is 9.59 Å². The molecule has 8 nitrogen and oxygen atoms in total. The van der Waals surface area contributed by atoms with Crippen molar-refractivity contribution in [3.8, 4) is 0 Å². The van der Waals surface area contributed by atoms with E-state index in [0.717, 1.165) is 54.0 Å². The summed E-state index contributed by atoms with van der Waals surface area (Å²) in [5.74, 6) is -0.590. The molecule has 0 bridgehead atoms. The fourth-order valence-corrected chi connectivity index (χ4v) is 5.14. The molecule has 3 heterocycles. The highest BCUT2D eigenvalue weighted by Crippen LogP contribution is 2.30. The molecule has 0 unspecified atom stereocenters. The number of Topliss-reactive ketones (excluding diaryl/α,β-unsaturated/α-hetero) is 1. The van der Waals surface area contributed by atoms with E-state index in [-0.39, 0.29) is 30.9 Å². The number of hydrogen-bond donors (Lipinski definition) is 1. The lowest BCUT2D eigenvalue weighted by atomic mass is 9.95. The van der Waals surface area contributed by atoms with Gasteiger partial charge in [-0.3, -0.25) is 14.6 Å². The van der Waals surface area contributed by atoms with Crippen molar-refractivity contribution in [1.29, 1.82) is 0 Å². The number of cyclic esters (lactones) is 2. The molecule has 1 N–H and O–H groups in total. The van der Waals surface area contributed by atoms with Crippen molar-refractivity contribution < 1.29 is 29.0 Å². The monoisotopic (exact) mass is 464 g/mol. The molecule has 0 radical (unpaired) electrons.